The lowest BCUT2D eigenvalue weighted by molar-refractivity contribution is -0.870. The van der Waals surface area contributed by atoms with E-state index in [1.54, 1.807) is 0 Å². The molecule has 0 aromatic rings. The SMILES string of the molecule is CCCCCCC/C=C\C/C=C\CCCCCCCCCCCCCCCCCCCCCCCCCCCCCCCC(=O)OC(COC(=O)CCCCCCCCCCCCCCCCCCCCCCCCCCCCCCC/C=C\CCCCCCCCCC)COC(OCC[N+](C)(C)C)C(=O)[O-]. The van der Waals surface area contributed by atoms with Crippen molar-refractivity contribution in [2.45, 2.75) is 527 Å². The lowest BCUT2D eigenvalue weighted by Gasteiger charge is -2.26. The number of ether oxygens (including phenoxy) is 4. The maximum Gasteiger partial charge on any atom is 0.306 e. The number of quaternary nitrogens is 1. The molecule has 0 rings (SSSR count). The van der Waals surface area contributed by atoms with Crippen LogP contribution in [0.2, 0.25) is 0 Å². The van der Waals surface area contributed by atoms with Gasteiger partial charge in [-0.15, -0.1) is 0 Å². The summed E-state index contributed by atoms with van der Waals surface area (Å²) in [6, 6.07) is 0. The van der Waals surface area contributed by atoms with Crippen LogP contribution in [0, 0.1) is 0 Å². The van der Waals surface area contributed by atoms with Gasteiger partial charge in [-0.1, -0.05) is 468 Å². The number of aliphatic carboxylic acids is 1. The van der Waals surface area contributed by atoms with E-state index in [9.17, 15) is 19.5 Å². The van der Waals surface area contributed by atoms with Crippen LogP contribution in [0.3, 0.4) is 0 Å². The van der Waals surface area contributed by atoms with Gasteiger partial charge in [0.15, 0.2) is 12.4 Å². The number of esters is 2. The number of unbranched alkanes of at least 4 members (excludes halogenated alkanes) is 71. The number of nitrogens with zero attached hydrogens (tertiary/aromatic N) is 1. The van der Waals surface area contributed by atoms with E-state index in [-0.39, 0.29) is 32.2 Å². The van der Waals surface area contributed by atoms with Gasteiger partial charge in [0.25, 0.3) is 0 Å². The van der Waals surface area contributed by atoms with Crippen molar-refractivity contribution in [1.29, 1.82) is 0 Å². The number of carboxylic acids is 1. The van der Waals surface area contributed by atoms with E-state index in [1.807, 2.05) is 21.1 Å². The molecule has 2 unspecified atom stereocenters. The second-order valence-electron chi connectivity index (χ2n) is 34.4. The first-order valence-corrected chi connectivity index (χ1v) is 48.1. The quantitative estimate of drug-likeness (QED) is 0.0195. The standard InChI is InChI=1S/C98H187NO8/c1-6-8-10-12-14-16-18-20-22-24-26-28-30-32-34-36-38-40-42-44-46-48-50-52-54-56-58-60-62-64-66-68-70-72-74-76-78-80-82-84-86-88-95(100)105-92-94(93-106-98(97(102)103)104-91-90-99(3,4)5)107-96(101)89-87-85-83-81-79-77-75-73-71-69-67-65-63-61-59-57-55-53-51-49-47-45-43-41-39-37-35-33-31-29-27-25-23-21-19-17-15-13-11-9-7-2/h19,21,24-27,94,98H,6-18,20,22-23,28-93H2,1-5H3/b21-19-,26-24-,27-25-. The van der Waals surface area contributed by atoms with Crippen molar-refractivity contribution in [2.24, 2.45) is 0 Å². The van der Waals surface area contributed by atoms with E-state index in [2.05, 4.69) is 50.3 Å². The van der Waals surface area contributed by atoms with Gasteiger partial charge in [-0.2, -0.15) is 0 Å². The van der Waals surface area contributed by atoms with E-state index >= 15 is 0 Å². The maximum absolute atomic E-state index is 13.0. The summed E-state index contributed by atoms with van der Waals surface area (Å²) in [7, 11) is 5.96. The Morgan fingerprint density at radius 1 is 0.280 bits per heavy atom. The Hall–Kier alpha value is -2.49. The number of allylic oxidation sites excluding steroid dienone is 6. The minimum atomic E-state index is -1.62. The predicted octanol–water partition coefficient (Wildman–Crippen LogP) is 30.4. The fourth-order valence-corrected chi connectivity index (χ4v) is 15.0. The fraction of sp³-hybridized carbons (Fsp3) is 0.908. The molecule has 0 aliphatic heterocycles. The van der Waals surface area contributed by atoms with Gasteiger partial charge in [0, 0.05) is 12.8 Å². The van der Waals surface area contributed by atoms with Crippen LogP contribution in [-0.4, -0.2) is 82.3 Å². The molecule has 0 saturated carbocycles. The van der Waals surface area contributed by atoms with E-state index in [0.29, 0.717) is 17.4 Å². The van der Waals surface area contributed by atoms with Crippen LogP contribution in [0.15, 0.2) is 36.5 Å². The van der Waals surface area contributed by atoms with Crippen LogP contribution >= 0.6 is 0 Å². The Balaban J connectivity index is 3.85. The summed E-state index contributed by atoms with van der Waals surface area (Å²) in [6.45, 7) is 4.83. The van der Waals surface area contributed by atoms with Gasteiger partial charge in [0.2, 0.25) is 0 Å². The molecule has 2 atom stereocenters. The van der Waals surface area contributed by atoms with Gasteiger partial charge in [-0.3, -0.25) is 9.59 Å². The molecule has 0 spiro atoms. The van der Waals surface area contributed by atoms with Gasteiger partial charge >= 0.3 is 11.9 Å². The summed E-state index contributed by atoms with van der Waals surface area (Å²) in [6.07, 6.45) is 115. The summed E-state index contributed by atoms with van der Waals surface area (Å²) in [5.74, 6) is -2.24. The largest absolute Gasteiger partial charge is 0.545 e. The number of hydrogen-bond donors (Lipinski definition) is 0. The third kappa shape index (κ3) is 90.6. The van der Waals surface area contributed by atoms with Gasteiger partial charge in [0.1, 0.15) is 13.2 Å². The first-order chi connectivity index (χ1) is 52.6. The molecule has 0 N–H and O–H groups in total. The first kappa shape index (κ1) is 105. The molecule has 9 heteroatoms. The zero-order chi connectivity index (χ0) is 77.4. The molecule has 0 aliphatic rings. The van der Waals surface area contributed by atoms with E-state index < -0.39 is 24.3 Å². The Kier molecular flexibility index (Phi) is 87.0. The highest BCUT2D eigenvalue weighted by atomic mass is 16.7. The van der Waals surface area contributed by atoms with Crippen LogP contribution < -0.4 is 5.11 Å². The summed E-state index contributed by atoms with van der Waals surface area (Å²) in [5.41, 5.74) is 0. The Bertz CT molecular complexity index is 1860. The average molecular weight is 1510 g/mol. The number of carbonyl (C=O) groups is 3. The second-order valence-corrected chi connectivity index (χ2v) is 34.4. The lowest BCUT2D eigenvalue weighted by Crippen LogP contribution is -2.44. The zero-order valence-corrected chi connectivity index (χ0v) is 72.8. The van der Waals surface area contributed by atoms with Crippen molar-refractivity contribution < 1.29 is 42.9 Å². The van der Waals surface area contributed by atoms with Crippen molar-refractivity contribution in [1.82, 2.24) is 0 Å². The number of carbonyl (C=O) groups excluding carboxylic acids is 3. The molecule has 0 aromatic carbocycles. The number of rotatable bonds is 92. The molecule has 9 nitrogen and oxygen atoms in total. The number of carboxylic acid groups (broad SMARTS) is 1. The molecule has 0 aromatic heterocycles. The van der Waals surface area contributed by atoms with E-state index in [1.165, 1.54) is 443 Å². The molecule has 0 fully saturated rings. The van der Waals surface area contributed by atoms with Gasteiger partial charge in [0.05, 0.1) is 40.3 Å². The Labute approximate surface area is 668 Å². The van der Waals surface area contributed by atoms with Gasteiger partial charge in [-0.05, 0) is 70.6 Å². The Morgan fingerprint density at radius 3 is 0.748 bits per heavy atom. The molecule has 0 amide bonds. The molecule has 0 bridgehead atoms. The monoisotopic (exact) mass is 1510 g/mol. The molecule has 632 valence electrons. The van der Waals surface area contributed by atoms with E-state index in [4.69, 9.17) is 18.9 Å². The van der Waals surface area contributed by atoms with Gasteiger partial charge in [-0.25, -0.2) is 0 Å². The topological polar surface area (TPSA) is 111 Å². The summed E-state index contributed by atoms with van der Waals surface area (Å²) in [4.78, 5) is 37.7. The van der Waals surface area contributed by atoms with Crippen LogP contribution in [0.25, 0.3) is 0 Å². The van der Waals surface area contributed by atoms with Crippen molar-refractivity contribution in [3.05, 3.63) is 36.5 Å². The van der Waals surface area contributed by atoms with Crippen molar-refractivity contribution in [3.8, 4) is 0 Å². The summed E-state index contributed by atoms with van der Waals surface area (Å²) < 4.78 is 23.0. The highest BCUT2D eigenvalue weighted by Crippen LogP contribution is 2.22. The molecule has 107 heavy (non-hydrogen) atoms. The molecular weight excluding hydrogens is 1320 g/mol. The molecular formula is C98H187NO8. The predicted molar refractivity (Wildman–Crippen MR) is 463 cm³/mol. The Morgan fingerprint density at radius 2 is 0.505 bits per heavy atom. The summed E-state index contributed by atoms with van der Waals surface area (Å²) >= 11 is 0. The maximum atomic E-state index is 13.0. The highest BCUT2D eigenvalue weighted by molar-refractivity contribution is 5.70. The van der Waals surface area contributed by atoms with Crippen LogP contribution in [0.5, 0.6) is 0 Å². The molecule has 0 radical (unpaired) electrons. The van der Waals surface area contributed by atoms with Crippen LogP contribution in [-0.2, 0) is 33.3 Å². The second kappa shape index (κ2) is 89.1. The van der Waals surface area contributed by atoms with Crippen molar-refractivity contribution in [3.63, 3.8) is 0 Å². The third-order valence-electron chi connectivity index (χ3n) is 22.4. The van der Waals surface area contributed by atoms with Crippen LogP contribution in [0.4, 0.5) is 0 Å². The summed E-state index contributed by atoms with van der Waals surface area (Å²) in [5, 5.41) is 11.9. The lowest BCUT2D eigenvalue weighted by atomic mass is 10.0. The van der Waals surface area contributed by atoms with Crippen molar-refractivity contribution >= 4 is 17.9 Å². The highest BCUT2D eigenvalue weighted by Gasteiger charge is 2.22. The first-order valence-electron chi connectivity index (χ1n) is 48.1. The van der Waals surface area contributed by atoms with Crippen LogP contribution in [0.1, 0.15) is 515 Å². The average Bonchev–Trinajstić information content (AvgIpc) is 0.965. The van der Waals surface area contributed by atoms with E-state index in [0.717, 1.165) is 44.9 Å². The smallest absolute Gasteiger partial charge is 0.306 e. The molecule has 0 heterocycles. The normalized spacial score (nSPS) is 12.6. The minimum absolute atomic E-state index is 0.152. The molecule has 0 aliphatic carbocycles. The third-order valence-corrected chi connectivity index (χ3v) is 22.4. The van der Waals surface area contributed by atoms with Gasteiger partial charge < -0.3 is 33.3 Å². The zero-order valence-electron chi connectivity index (χ0n) is 72.8. The molecule has 0 saturated heterocycles. The van der Waals surface area contributed by atoms with Crippen molar-refractivity contribution in [2.75, 3.05) is 47.5 Å². The fourth-order valence-electron chi connectivity index (χ4n) is 15.0. The minimum Gasteiger partial charge on any atom is -0.545 e. The number of hydrogen-bond acceptors (Lipinski definition) is 8. The number of likely N-dealkylation sites (N-methyl/N-ethyl adjacent to an activating group) is 1.